The summed E-state index contributed by atoms with van der Waals surface area (Å²) in [6.07, 6.45) is -6.62. The third-order valence-corrected chi connectivity index (χ3v) is 3.76. The molecule has 0 amide bonds. The van der Waals surface area contributed by atoms with E-state index in [1.807, 2.05) is 0 Å². The van der Waals surface area contributed by atoms with E-state index in [1.165, 1.54) is 0 Å². The Bertz CT molecular complexity index is 860. The summed E-state index contributed by atoms with van der Waals surface area (Å²) in [5.74, 6) is -0.142. The minimum Gasteiger partial charge on any atom is -0.387 e. The van der Waals surface area contributed by atoms with Gasteiger partial charge in [-0.25, -0.2) is 19.5 Å². The van der Waals surface area contributed by atoms with Crippen LogP contribution in [0.2, 0.25) is 0 Å². The van der Waals surface area contributed by atoms with E-state index >= 15 is 0 Å². The van der Waals surface area contributed by atoms with Crippen molar-refractivity contribution < 1.29 is 36.6 Å². The number of aliphatic hydroxyl groups is 2. The number of aromatic nitrogens is 4. The molecule has 6 N–H and O–H groups in total. The lowest BCUT2D eigenvalue weighted by Crippen LogP contribution is -2.33. The summed E-state index contributed by atoms with van der Waals surface area (Å²) < 4.78 is 36.8. The molecular formula is C10H14N5O7P. The van der Waals surface area contributed by atoms with Crippen molar-refractivity contribution in [3.05, 3.63) is 12.6 Å². The van der Waals surface area contributed by atoms with E-state index in [2.05, 4.69) is 19.5 Å². The van der Waals surface area contributed by atoms with Crippen LogP contribution >= 0.6 is 7.82 Å². The highest BCUT2D eigenvalue weighted by molar-refractivity contribution is 7.46. The maximum Gasteiger partial charge on any atom is 0.469 e. The number of fused-ring (bicyclic) bond motifs is 1. The van der Waals surface area contributed by atoms with Gasteiger partial charge in [0.1, 0.15) is 32.9 Å². The van der Waals surface area contributed by atoms with Crippen LogP contribution in [0, 0.1) is 0 Å². The first kappa shape index (κ1) is 13.7. The zero-order chi connectivity index (χ0) is 18.5. The maximum atomic E-state index is 10.8. The van der Waals surface area contributed by atoms with Crippen LogP contribution < -0.4 is 5.73 Å². The summed E-state index contributed by atoms with van der Waals surface area (Å²) in [7, 11) is -4.80. The molecule has 1 aliphatic heterocycles. The van der Waals surface area contributed by atoms with Crippen LogP contribution in [0.25, 0.3) is 11.2 Å². The molecule has 0 bridgehead atoms. The number of nitrogens with zero attached hydrogens (tertiary/aromatic N) is 4. The zero-order valence-electron chi connectivity index (χ0n) is 13.3. The van der Waals surface area contributed by atoms with Crippen molar-refractivity contribution >= 4 is 24.8 Å². The minimum absolute atomic E-state index is 0.0150. The van der Waals surface area contributed by atoms with E-state index in [9.17, 15) is 14.8 Å². The van der Waals surface area contributed by atoms with Gasteiger partial charge in [0.05, 0.1) is 12.9 Å². The number of nitrogens with two attached hydrogens (primary N) is 1. The lowest BCUT2D eigenvalue weighted by Gasteiger charge is -2.16. The third kappa shape index (κ3) is 3.05. The summed E-state index contributed by atoms with van der Waals surface area (Å²) in [4.78, 5) is 28.7. The van der Waals surface area contributed by atoms with Crippen molar-refractivity contribution in [1.82, 2.24) is 19.5 Å². The number of hydrogen-bond acceptors (Lipinski definition) is 9. The number of nitrogen functional groups attached to an aromatic ring is 1. The van der Waals surface area contributed by atoms with Gasteiger partial charge in [0, 0.05) is 0 Å². The van der Waals surface area contributed by atoms with Crippen molar-refractivity contribution in [2.45, 2.75) is 24.5 Å². The molecule has 1 aliphatic rings. The molecule has 2 aromatic rings. The molecule has 3 rings (SSSR count). The van der Waals surface area contributed by atoms with E-state index in [4.69, 9.17) is 23.0 Å². The first-order valence-electron chi connectivity index (χ1n) is 7.29. The highest BCUT2D eigenvalue weighted by atomic mass is 31.2. The Labute approximate surface area is 131 Å². The summed E-state index contributed by atoms with van der Waals surface area (Å²) in [6.45, 7) is -0.695. The fraction of sp³-hybridized carbons (Fsp3) is 0.500. The van der Waals surface area contributed by atoms with E-state index in [0.717, 1.165) is 4.57 Å². The molecule has 0 unspecified atom stereocenters. The summed E-state index contributed by atoms with van der Waals surface area (Å²) in [5, 5.41) is 20.2. The Morgan fingerprint density at radius 1 is 1.39 bits per heavy atom. The maximum absolute atomic E-state index is 10.8. The number of ether oxygens (including phenoxy) is 1. The fourth-order valence-electron chi connectivity index (χ4n) is 2.20. The van der Waals surface area contributed by atoms with Crippen molar-refractivity contribution in [1.29, 1.82) is 0 Å². The molecule has 0 saturated carbocycles. The lowest BCUT2D eigenvalue weighted by molar-refractivity contribution is -0.0504. The minimum atomic E-state index is -4.80. The van der Waals surface area contributed by atoms with Crippen LogP contribution in [0.5, 0.6) is 0 Å². The van der Waals surface area contributed by atoms with Gasteiger partial charge in [0.15, 0.2) is 17.7 Å². The molecule has 0 spiro atoms. The molecule has 1 fully saturated rings. The number of aliphatic hydroxyl groups excluding tert-OH is 2. The predicted molar refractivity (Wildman–Crippen MR) is 73.7 cm³/mol. The molecule has 0 aromatic carbocycles. The Hall–Kier alpha value is -1.66. The molecule has 4 atom stereocenters. The van der Waals surface area contributed by atoms with Crippen LogP contribution in [-0.4, -0.2) is 64.4 Å². The van der Waals surface area contributed by atoms with E-state index in [1.54, 1.807) is 0 Å². The van der Waals surface area contributed by atoms with Gasteiger partial charge < -0.3 is 30.5 Å². The largest absolute Gasteiger partial charge is 0.469 e. The first-order valence-corrected chi connectivity index (χ1v) is 7.82. The Morgan fingerprint density at radius 2 is 2.13 bits per heavy atom. The Balaban J connectivity index is 1.95. The highest BCUT2D eigenvalue weighted by Gasteiger charge is 2.45. The van der Waals surface area contributed by atoms with Crippen molar-refractivity contribution in [2.75, 3.05) is 12.3 Å². The summed E-state index contributed by atoms with van der Waals surface area (Å²) in [6, 6.07) is 0. The van der Waals surface area contributed by atoms with E-state index in [0.29, 0.717) is 0 Å². The summed E-state index contributed by atoms with van der Waals surface area (Å²) in [5.41, 5.74) is 5.59. The van der Waals surface area contributed by atoms with Crippen LogP contribution in [0.3, 0.4) is 0 Å². The van der Waals surface area contributed by atoms with Crippen LogP contribution in [0.15, 0.2) is 12.6 Å². The number of rotatable bonds is 4. The second-order valence-corrected chi connectivity index (χ2v) is 6.03. The molecule has 126 valence electrons. The SMILES string of the molecule is [2H]c1nc(N)c2nc([2H])n([C@H]3O[C@@H](COP(=O)(O)O)[C@H](O)[C@@H]3O)c2n1. The number of phosphoric ester groups is 1. The second kappa shape index (κ2) is 5.76. The van der Waals surface area contributed by atoms with Gasteiger partial charge >= 0.3 is 7.82 Å². The van der Waals surface area contributed by atoms with Crippen molar-refractivity contribution in [3.63, 3.8) is 0 Å². The predicted octanol–water partition coefficient (Wildman–Crippen LogP) is -1.86. The normalized spacial score (nSPS) is 29.7. The number of imidazole rings is 1. The molecule has 3 heterocycles. The molecule has 23 heavy (non-hydrogen) atoms. The molecule has 2 aromatic heterocycles. The van der Waals surface area contributed by atoms with Gasteiger partial charge in [-0.15, -0.1) is 0 Å². The average Bonchev–Trinajstić information content (AvgIpc) is 2.95. The number of anilines is 1. The van der Waals surface area contributed by atoms with Crippen molar-refractivity contribution in [3.8, 4) is 0 Å². The van der Waals surface area contributed by atoms with Crippen LogP contribution in [0.4, 0.5) is 5.82 Å². The van der Waals surface area contributed by atoms with E-state index < -0.39 is 51.6 Å². The van der Waals surface area contributed by atoms with Gasteiger partial charge in [-0.05, 0) is 0 Å². The second-order valence-electron chi connectivity index (χ2n) is 4.80. The number of hydrogen-bond donors (Lipinski definition) is 5. The van der Waals surface area contributed by atoms with Crippen molar-refractivity contribution in [2.24, 2.45) is 0 Å². The lowest BCUT2D eigenvalue weighted by atomic mass is 10.1. The quantitative estimate of drug-likeness (QED) is 0.389. The third-order valence-electron chi connectivity index (χ3n) is 3.28. The number of phosphoric acid groups is 1. The first-order chi connectivity index (χ1) is 11.6. The molecule has 0 aliphatic carbocycles. The Morgan fingerprint density at radius 3 is 2.83 bits per heavy atom. The molecule has 13 heteroatoms. The molecule has 0 radical (unpaired) electrons. The van der Waals surface area contributed by atoms with Gasteiger partial charge in [0.2, 0.25) is 0 Å². The average molecular weight is 349 g/mol. The highest BCUT2D eigenvalue weighted by Crippen LogP contribution is 2.38. The van der Waals surface area contributed by atoms with Crippen LogP contribution in [0.1, 0.15) is 8.97 Å². The molecule has 1 saturated heterocycles. The summed E-state index contributed by atoms with van der Waals surface area (Å²) >= 11 is 0. The van der Waals surface area contributed by atoms with Gasteiger partial charge in [-0.3, -0.25) is 9.09 Å². The Kier molecular flexibility index (Phi) is 3.44. The topological polar surface area (TPSA) is 186 Å². The smallest absolute Gasteiger partial charge is 0.387 e. The van der Waals surface area contributed by atoms with Crippen LogP contribution in [-0.2, 0) is 13.8 Å². The fourth-order valence-corrected chi connectivity index (χ4v) is 2.54. The van der Waals surface area contributed by atoms with E-state index in [-0.39, 0.29) is 17.0 Å². The standard InChI is InChI=1S/C10H14N5O7P/c11-8-5-9(13-2-12-8)15(3-14-5)10-7(17)6(16)4(22-10)1-21-23(18,19)20/h2-4,6-7,10,16-17H,1H2,(H2,11,12,13)(H2,18,19,20)/t4-,6-,7-,10-/m0/s1/i2D,3D. The molecular weight excluding hydrogens is 333 g/mol. The molecule has 12 nitrogen and oxygen atoms in total. The van der Waals surface area contributed by atoms with Gasteiger partial charge in [0.25, 0.3) is 0 Å². The zero-order valence-corrected chi connectivity index (χ0v) is 12.2. The van der Waals surface area contributed by atoms with Gasteiger partial charge in [-0.2, -0.15) is 0 Å². The van der Waals surface area contributed by atoms with Gasteiger partial charge in [-0.1, -0.05) is 0 Å². The monoisotopic (exact) mass is 349 g/mol.